The number of carbonyl (C=O) groups excluding carboxylic acids is 2. The first-order valence-electron chi connectivity index (χ1n) is 8.86. The van der Waals surface area contributed by atoms with E-state index in [0.717, 1.165) is 5.69 Å². The van der Waals surface area contributed by atoms with Crippen molar-refractivity contribution < 1.29 is 9.59 Å². The van der Waals surface area contributed by atoms with E-state index in [2.05, 4.69) is 10.6 Å². The minimum atomic E-state index is -0.267. The molecule has 0 aromatic heterocycles. The molecule has 29 heavy (non-hydrogen) atoms. The van der Waals surface area contributed by atoms with Crippen LogP contribution in [0.15, 0.2) is 72.8 Å². The van der Waals surface area contributed by atoms with E-state index in [-0.39, 0.29) is 18.4 Å². The van der Waals surface area contributed by atoms with Crippen LogP contribution in [0.1, 0.15) is 10.4 Å². The Morgan fingerprint density at radius 2 is 1.69 bits per heavy atom. The van der Waals surface area contributed by atoms with Crippen LogP contribution < -0.4 is 15.5 Å². The highest BCUT2D eigenvalue weighted by Gasteiger charge is 2.14. The highest BCUT2D eigenvalue weighted by Crippen LogP contribution is 2.25. The molecule has 0 bridgehead atoms. The molecule has 0 fully saturated rings. The van der Waals surface area contributed by atoms with Crippen LogP contribution in [-0.2, 0) is 4.79 Å². The first-order chi connectivity index (χ1) is 13.9. The summed E-state index contributed by atoms with van der Waals surface area (Å²) < 4.78 is 0. The van der Waals surface area contributed by atoms with Gasteiger partial charge in [0.1, 0.15) is 0 Å². The van der Waals surface area contributed by atoms with Crippen molar-refractivity contribution in [2.45, 2.75) is 0 Å². The van der Waals surface area contributed by atoms with Crippen LogP contribution in [0.5, 0.6) is 0 Å². The Morgan fingerprint density at radius 3 is 2.41 bits per heavy atom. The Balaban J connectivity index is 1.63. The molecule has 0 saturated carbocycles. The van der Waals surface area contributed by atoms with Gasteiger partial charge in [0.15, 0.2) is 0 Å². The van der Waals surface area contributed by atoms with Crippen LogP contribution in [0.25, 0.3) is 0 Å². The average molecular weight is 428 g/mol. The molecule has 3 aromatic rings. The Labute approximate surface area is 179 Å². The zero-order chi connectivity index (χ0) is 20.8. The molecule has 0 aliphatic rings. The number of hydrogen-bond donors (Lipinski definition) is 2. The molecule has 2 amide bonds. The van der Waals surface area contributed by atoms with Crippen molar-refractivity contribution in [3.63, 3.8) is 0 Å². The van der Waals surface area contributed by atoms with Crippen LogP contribution in [0.4, 0.5) is 17.1 Å². The smallest absolute Gasteiger partial charge is 0.258 e. The summed E-state index contributed by atoms with van der Waals surface area (Å²) in [5.74, 6) is -0.435. The maximum absolute atomic E-state index is 12.7. The predicted molar refractivity (Wildman–Crippen MR) is 119 cm³/mol. The van der Waals surface area contributed by atoms with Gasteiger partial charge in [0.05, 0.1) is 17.3 Å². The van der Waals surface area contributed by atoms with Crippen molar-refractivity contribution in [3.8, 4) is 0 Å². The third-order valence-corrected chi connectivity index (χ3v) is 4.76. The number of rotatable bonds is 6. The summed E-state index contributed by atoms with van der Waals surface area (Å²) in [5, 5.41) is 6.69. The van der Waals surface area contributed by atoms with Gasteiger partial charge in [-0.25, -0.2) is 0 Å². The molecule has 0 atom stereocenters. The SMILES string of the molecule is CN(C(=O)c1cccc(NC(=O)CNc2ccc(Cl)cc2Cl)c1)c1ccccc1. The third kappa shape index (κ3) is 5.50. The molecule has 5 nitrogen and oxygen atoms in total. The van der Waals surface area contributed by atoms with Crippen LogP contribution >= 0.6 is 23.2 Å². The first kappa shape index (κ1) is 20.7. The minimum absolute atomic E-state index is 0.0173. The number of anilines is 3. The van der Waals surface area contributed by atoms with Crippen LogP contribution in [0.3, 0.4) is 0 Å². The molecule has 3 rings (SSSR count). The van der Waals surface area contributed by atoms with E-state index in [1.165, 1.54) is 0 Å². The summed E-state index contributed by atoms with van der Waals surface area (Å²) >= 11 is 12.0. The van der Waals surface area contributed by atoms with Crippen molar-refractivity contribution in [2.75, 3.05) is 29.1 Å². The second kappa shape index (κ2) is 9.45. The number of para-hydroxylation sites is 1. The number of amides is 2. The lowest BCUT2D eigenvalue weighted by molar-refractivity contribution is -0.114. The number of nitrogens with one attached hydrogen (secondary N) is 2. The lowest BCUT2D eigenvalue weighted by atomic mass is 10.1. The van der Waals surface area contributed by atoms with Crippen molar-refractivity contribution >= 4 is 52.1 Å². The summed E-state index contributed by atoms with van der Waals surface area (Å²) in [6.45, 7) is 0.0173. The summed E-state index contributed by atoms with van der Waals surface area (Å²) in [7, 11) is 1.71. The Kier molecular flexibility index (Phi) is 6.75. The van der Waals surface area contributed by atoms with E-state index >= 15 is 0 Å². The van der Waals surface area contributed by atoms with Gasteiger partial charge in [0.2, 0.25) is 5.91 Å². The first-order valence-corrected chi connectivity index (χ1v) is 9.61. The van der Waals surface area contributed by atoms with Gasteiger partial charge < -0.3 is 15.5 Å². The van der Waals surface area contributed by atoms with E-state index in [1.807, 2.05) is 30.3 Å². The van der Waals surface area contributed by atoms with E-state index in [1.54, 1.807) is 54.4 Å². The van der Waals surface area contributed by atoms with Gasteiger partial charge in [-0.1, -0.05) is 47.5 Å². The van der Waals surface area contributed by atoms with E-state index in [0.29, 0.717) is 27.0 Å². The lowest BCUT2D eigenvalue weighted by Crippen LogP contribution is -2.26. The number of hydrogen-bond acceptors (Lipinski definition) is 3. The standard InChI is InChI=1S/C22H19Cl2N3O2/c1-27(18-8-3-2-4-9-18)22(29)15-6-5-7-17(12-15)26-21(28)14-25-20-11-10-16(23)13-19(20)24/h2-13,25H,14H2,1H3,(H,26,28). The van der Waals surface area contributed by atoms with Crippen molar-refractivity contribution in [1.82, 2.24) is 0 Å². The topological polar surface area (TPSA) is 61.4 Å². The molecule has 0 saturated heterocycles. The molecule has 7 heteroatoms. The van der Waals surface area contributed by atoms with Gasteiger partial charge in [0.25, 0.3) is 5.91 Å². The molecule has 0 radical (unpaired) electrons. The number of nitrogens with zero attached hydrogens (tertiary/aromatic N) is 1. The monoisotopic (exact) mass is 427 g/mol. The molecule has 0 unspecified atom stereocenters. The molecule has 0 heterocycles. The van der Waals surface area contributed by atoms with Gasteiger partial charge in [-0.2, -0.15) is 0 Å². The molecular formula is C22H19Cl2N3O2. The number of benzene rings is 3. The maximum atomic E-state index is 12.7. The van der Waals surface area contributed by atoms with E-state index in [9.17, 15) is 9.59 Å². The maximum Gasteiger partial charge on any atom is 0.258 e. The summed E-state index contributed by atoms with van der Waals surface area (Å²) in [6, 6.07) is 21.2. The summed E-state index contributed by atoms with van der Waals surface area (Å²) in [6.07, 6.45) is 0. The molecule has 148 valence electrons. The largest absolute Gasteiger partial charge is 0.375 e. The van der Waals surface area contributed by atoms with Gasteiger partial charge in [0, 0.05) is 29.0 Å². The molecule has 2 N–H and O–H groups in total. The van der Waals surface area contributed by atoms with Crippen LogP contribution in [0.2, 0.25) is 10.0 Å². The summed E-state index contributed by atoms with van der Waals surface area (Å²) in [5.41, 5.74) is 2.41. The second-order valence-corrected chi connectivity index (χ2v) is 7.15. The van der Waals surface area contributed by atoms with Gasteiger partial charge in [-0.05, 0) is 48.5 Å². The highest BCUT2D eigenvalue weighted by molar-refractivity contribution is 6.36. The number of halogens is 2. The van der Waals surface area contributed by atoms with Crippen LogP contribution in [0, 0.1) is 0 Å². The summed E-state index contributed by atoms with van der Waals surface area (Å²) in [4.78, 5) is 26.6. The molecule has 3 aromatic carbocycles. The molecule has 0 aliphatic carbocycles. The lowest BCUT2D eigenvalue weighted by Gasteiger charge is -2.18. The predicted octanol–water partition coefficient (Wildman–Crippen LogP) is 5.32. The highest BCUT2D eigenvalue weighted by atomic mass is 35.5. The van der Waals surface area contributed by atoms with Crippen molar-refractivity contribution in [1.29, 1.82) is 0 Å². The fourth-order valence-corrected chi connectivity index (χ4v) is 3.18. The van der Waals surface area contributed by atoms with Crippen molar-refractivity contribution in [3.05, 3.63) is 88.4 Å². The van der Waals surface area contributed by atoms with Gasteiger partial charge >= 0.3 is 0 Å². The molecule has 0 spiro atoms. The second-order valence-electron chi connectivity index (χ2n) is 6.31. The molecular weight excluding hydrogens is 409 g/mol. The number of carbonyl (C=O) groups is 2. The van der Waals surface area contributed by atoms with Crippen molar-refractivity contribution in [2.24, 2.45) is 0 Å². The average Bonchev–Trinajstić information content (AvgIpc) is 2.73. The quantitative estimate of drug-likeness (QED) is 0.559. The van der Waals surface area contributed by atoms with Gasteiger partial charge in [-0.15, -0.1) is 0 Å². The van der Waals surface area contributed by atoms with E-state index < -0.39 is 0 Å². The van der Waals surface area contributed by atoms with E-state index in [4.69, 9.17) is 23.2 Å². The van der Waals surface area contributed by atoms with Crippen LogP contribution in [-0.4, -0.2) is 25.4 Å². The zero-order valence-electron chi connectivity index (χ0n) is 15.7. The Hall–Kier alpha value is -3.02. The normalized spacial score (nSPS) is 10.3. The third-order valence-electron chi connectivity index (χ3n) is 4.21. The fraction of sp³-hybridized carbons (Fsp3) is 0.0909. The van der Waals surface area contributed by atoms with Gasteiger partial charge in [-0.3, -0.25) is 9.59 Å². The molecule has 0 aliphatic heterocycles. The fourth-order valence-electron chi connectivity index (χ4n) is 2.71. The Bertz CT molecular complexity index is 1030. The zero-order valence-corrected chi connectivity index (χ0v) is 17.2. The Morgan fingerprint density at radius 1 is 0.931 bits per heavy atom. The minimum Gasteiger partial charge on any atom is -0.375 e.